The molecule has 4 nitrogen and oxygen atoms in total. The lowest BCUT2D eigenvalue weighted by Gasteiger charge is -2.33. The van der Waals surface area contributed by atoms with Gasteiger partial charge in [-0.2, -0.15) is 0 Å². The second kappa shape index (κ2) is 7.25. The molecule has 1 aliphatic rings. The minimum atomic E-state index is 0.00589. The van der Waals surface area contributed by atoms with Gasteiger partial charge in [0.1, 0.15) is 5.78 Å². The number of rotatable bonds is 4. The maximum atomic E-state index is 12.4. The minimum absolute atomic E-state index is 0.00589. The van der Waals surface area contributed by atoms with E-state index in [0.29, 0.717) is 13.0 Å². The van der Waals surface area contributed by atoms with Gasteiger partial charge >= 0.3 is 6.03 Å². The lowest BCUT2D eigenvalue weighted by molar-refractivity contribution is -0.124. The summed E-state index contributed by atoms with van der Waals surface area (Å²) in [6.07, 6.45) is 3.18. The summed E-state index contributed by atoms with van der Waals surface area (Å²) >= 11 is 0. The van der Waals surface area contributed by atoms with Gasteiger partial charge in [-0.1, -0.05) is 30.3 Å². The van der Waals surface area contributed by atoms with Crippen LogP contribution < -0.4 is 0 Å². The second-order valence-corrected chi connectivity index (χ2v) is 5.91. The van der Waals surface area contributed by atoms with E-state index in [-0.39, 0.29) is 17.7 Å². The van der Waals surface area contributed by atoms with Gasteiger partial charge in [-0.05, 0) is 24.8 Å². The number of hydrogen-bond acceptors (Lipinski definition) is 2. The van der Waals surface area contributed by atoms with Crippen LogP contribution in [0.4, 0.5) is 4.79 Å². The van der Waals surface area contributed by atoms with Crippen LogP contribution in [0, 0.1) is 5.92 Å². The van der Waals surface area contributed by atoms with Crippen molar-refractivity contribution in [3.05, 3.63) is 35.9 Å². The number of benzene rings is 1. The van der Waals surface area contributed by atoms with Gasteiger partial charge in [0.15, 0.2) is 0 Å². The van der Waals surface area contributed by atoms with Crippen LogP contribution in [0.5, 0.6) is 0 Å². The lowest BCUT2D eigenvalue weighted by atomic mass is 9.91. The summed E-state index contributed by atoms with van der Waals surface area (Å²) in [5.74, 6) is 0.293. The SMILES string of the molecule is CN(C)C(=O)N1CCC[C@@H](C(=O)CCc2ccccc2)C1. The fourth-order valence-electron chi connectivity index (χ4n) is 2.81. The first-order valence-corrected chi connectivity index (χ1v) is 7.61. The van der Waals surface area contributed by atoms with Crippen LogP contribution >= 0.6 is 0 Å². The van der Waals surface area contributed by atoms with Crippen LogP contribution in [0.15, 0.2) is 30.3 Å². The first-order chi connectivity index (χ1) is 10.1. The molecular formula is C17H24N2O2. The molecule has 0 saturated carbocycles. The molecule has 0 radical (unpaired) electrons. The highest BCUT2D eigenvalue weighted by atomic mass is 16.2. The second-order valence-electron chi connectivity index (χ2n) is 5.91. The molecule has 4 heteroatoms. The molecule has 1 aromatic carbocycles. The Morgan fingerprint density at radius 1 is 1.24 bits per heavy atom. The van der Waals surface area contributed by atoms with Gasteiger partial charge < -0.3 is 9.80 Å². The zero-order valence-electron chi connectivity index (χ0n) is 12.9. The highest BCUT2D eigenvalue weighted by Gasteiger charge is 2.28. The monoisotopic (exact) mass is 288 g/mol. The van der Waals surface area contributed by atoms with E-state index in [0.717, 1.165) is 25.8 Å². The summed E-state index contributed by atoms with van der Waals surface area (Å²) in [5, 5.41) is 0. The predicted octanol–water partition coefficient (Wildman–Crippen LogP) is 2.58. The molecule has 2 amide bonds. The van der Waals surface area contributed by atoms with Crippen LogP contribution in [0.1, 0.15) is 24.8 Å². The molecule has 0 unspecified atom stereocenters. The quantitative estimate of drug-likeness (QED) is 0.854. The van der Waals surface area contributed by atoms with Crippen molar-refractivity contribution in [3.63, 3.8) is 0 Å². The molecule has 1 aliphatic heterocycles. The van der Waals surface area contributed by atoms with Gasteiger partial charge in [0.25, 0.3) is 0 Å². The van der Waals surface area contributed by atoms with E-state index in [2.05, 4.69) is 12.1 Å². The third-order valence-electron chi connectivity index (χ3n) is 4.03. The fourth-order valence-corrected chi connectivity index (χ4v) is 2.81. The van der Waals surface area contributed by atoms with Crippen molar-refractivity contribution in [3.8, 4) is 0 Å². The highest BCUT2D eigenvalue weighted by molar-refractivity contribution is 5.82. The lowest BCUT2D eigenvalue weighted by Crippen LogP contribution is -2.46. The molecule has 0 aromatic heterocycles. The highest BCUT2D eigenvalue weighted by Crippen LogP contribution is 2.20. The molecular weight excluding hydrogens is 264 g/mol. The summed E-state index contributed by atoms with van der Waals surface area (Å²) in [5.41, 5.74) is 1.20. The van der Waals surface area contributed by atoms with Gasteiger partial charge in [0, 0.05) is 39.5 Å². The molecule has 1 atom stereocenters. The maximum Gasteiger partial charge on any atom is 0.319 e. The summed E-state index contributed by atoms with van der Waals surface area (Å²) in [6.45, 7) is 1.34. The van der Waals surface area contributed by atoms with E-state index in [4.69, 9.17) is 0 Å². The Bertz CT molecular complexity index is 485. The Morgan fingerprint density at radius 2 is 1.95 bits per heavy atom. The number of likely N-dealkylation sites (tertiary alicyclic amines) is 1. The van der Waals surface area contributed by atoms with Gasteiger partial charge in [-0.25, -0.2) is 4.79 Å². The average molecular weight is 288 g/mol. The molecule has 1 aromatic rings. The number of Topliss-reactive ketones (excluding diaryl/α,β-unsaturated/α-hetero) is 1. The Balaban J connectivity index is 1.86. The van der Waals surface area contributed by atoms with Crippen molar-refractivity contribution in [2.45, 2.75) is 25.7 Å². The first-order valence-electron chi connectivity index (χ1n) is 7.61. The third kappa shape index (κ3) is 4.31. The molecule has 1 saturated heterocycles. The Morgan fingerprint density at radius 3 is 2.62 bits per heavy atom. The summed E-state index contributed by atoms with van der Waals surface area (Å²) in [4.78, 5) is 27.7. The third-order valence-corrected chi connectivity index (χ3v) is 4.03. The number of ketones is 1. The largest absolute Gasteiger partial charge is 0.331 e. The molecule has 0 spiro atoms. The standard InChI is InChI=1S/C17H24N2O2/c1-18(2)17(21)19-12-6-9-15(13-19)16(20)11-10-14-7-4-3-5-8-14/h3-5,7-8,15H,6,9-13H2,1-2H3/t15-/m1/s1. The Hall–Kier alpha value is -1.84. The Kier molecular flexibility index (Phi) is 5.37. The molecule has 114 valence electrons. The van der Waals surface area contributed by atoms with Crippen molar-refractivity contribution in [2.75, 3.05) is 27.2 Å². The molecule has 21 heavy (non-hydrogen) atoms. The van der Waals surface area contributed by atoms with Crippen molar-refractivity contribution in [1.29, 1.82) is 0 Å². The molecule has 0 N–H and O–H groups in total. The van der Waals surface area contributed by atoms with Crippen LogP contribution in [-0.4, -0.2) is 48.8 Å². The van der Waals surface area contributed by atoms with E-state index in [1.165, 1.54) is 5.56 Å². The number of carbonyl (C=O) groups excluding carboxylic acids is 2. The zero-order valence-corrected chi connectivity index (χ0v) is 12.9. The van der Waals surface area contributed by atoms with Crippen LogP contribution in [0.2, 0.25) is 0 Å². The summed E-state index contributed by atoms with van der Waals surface area (Å²) < 4.78 is 0. The number of amides is 2. The number of nitrogens with zero attached hydrogens (tertiary/aromatic N) is 2. The number of carbonyl (C=O) groups is 2. The smallest absolute Gasteiger partial charge is 0.319 e. The Labute approximate surface area is 126 Å². The van der Waals surface area contributed by atoms with Crippen LogP contribution in [-0.2, 0) is 11.2 Å². The normalized spacial score (nSPS) is 18.4. The van der Waals surface area contributed by atoms with E-state index in [9.17, 15) is 9.59 Å². The van der Waals surface area contributed by atoms with Crippen molar-refractivity contribution >= 4 is 11.8 Å². The number of urea groups is 1. The average Bonchev–Trinajstić information content (AvgIpc) is 2.53. The van der Waals surface area contributed by atoms with E-state index >= 15 is 0 Å². The van der Waals surface area contributed by atoms with Crippen LogP contribution in [0.25, 0.3) is 0 Å². The van der Waals surface area contributed by atoms with Gasteiger partial charge in [-0.15, -0.1) is 0 Å². The molecule has 0 aliphatic carbocycles. The number of aryl methyl sites for hydroxylation is 1. The molecule has 1 fully saturated rings. The summed E-state index contributed by atoms with van der Waals surface area (Å²) in [6, 6.07) is 10.1. The van der Waals surface area contributed by atoms with Gasteiger partial charge in [-0.3, -0.25) is 4.79 Å². The van der Waals surface area contributed by atoms with Gasteiger partial charge in [0.2, 0.25) is 0 Å². The predicted molar refractivity (Wildman–Crippen MR) is 83.2 cm³/mol. The van der Waals surface area contributed by atoms with Crippen molar-refractivity contribution < 1.29 is 9.59 Å². The topological polar surface area (TPSA) is 40.6 Å². The van der Waals surface area contributed by atoms with Crippen molar-refractivity contribution in [2.24, 2.45) is 5.92 Å². The minimum Gasteiger partial charge on any atom is -0.331 e. The van der Waals surface area contributed by atoms with Crippen LogP contribution in [0.3, 0.4) is 0 Å². The van der Waals surface area contributed by atoms with E-state index in [1.54, 1.807) is 23.9 Å². The number of piperidine rings is 1. The molecule has 0 bridgehead atoms. The summed E-state index contributed by atoms with van der Waals surface area (Å²) in [7, 11) is 3.51. The number of hydrogen-bond donors (Lipinski definition) is 0. The zero-order chi connectivity index (χ0) is 15.2. The molecule has 1 heterocycles. The fraction of sp³-hybridized carbons (Fsp3) is 0.529. The molecule has 2 rings (SSSR count). The first kappa shape index (κ1) is 15.5. The maximum absolute atomic E-state index is 12.4. The van der Waals surface area contributed by atoms with E-state index < -0.39 is 0 Å². The van der Waals surface area contributed by atoms with Gasteiger partial charge in [0.05, 0.1) is 0 Å². The van der Waals surface area contributed by atoms with Crippen molar-refractivity contribution in [1.82, 2.24) is 9.80 Å². The van der Waals surface area contributed by atoms with E-state index in [1.807, 2.05) is 18.2 Å².